The summed E-state index contributed by atoms with van der Waals surface area (Å²) in [6.45, 7) is 0. The Morgan fingerprint density at radius 2 is 1.72 bits per heavy atom. The summed E-state index contributed by atoms with van der Waals surface area (Å²) in [6.07, 6.45) is 0. The third-order valence-electron chi connectivity index (χ3n) is 2.58. The standard InChI is InChI=1S/C11H9N5O2/c1-17-9-5(3-12)8-7(11(14)16-15-8)10(18-2)6(9)4-13/h1-2H3,(H3,14,15,16). The first kappa shape index (κ1) is 11.6. The van der Waals surface area contributed by atoms with Crippen molar-refractivity contribution < 1.29 is 9.47 Å². The van der Waals surface area contributed by atoms with E-state index in [4.69, 9.17) is 15.2 Å². The zero-order valence-corrected chi connectivity index (χ0v) is 9.74. The summed E-state index contributed by atoms with van der Waals surface area (Å²) < 4.78 is 10.3. The van der Waals surface area contributed by atoms with Gasteiger partial charge in [-0.15, -0.1) is 0 Å². The van der Waals surface area contributed by atoms with E-state index in [0.29, 0.717) is 10.9 Å². The number of hydrogen-bond acceptors (Lipinski definition) is 6. The number of aromatic nitrogens is 2. The van der Waals surface area contributed by atoms with Gasteiger partial charge in [-0.05, 0) is 0 Å². The lowest BCUT2D eigenvalue weighted by Crippen LogP contribution is -1.99. The van der Waals surface area contributed by atoms with Gasteiger partial charge in [0.2, 0.25) is 0 Å². The number of aromatic amines is 1. The van der Waals surface area contributed by atoms with Gasteiger partial charge in [0.25, 0.3) is 0 Å². The van der Waals surface area contributed by atoms with E-state index in [-0.39, 0.29) is 28.4 Å². The minimum absolute atomic E-state index is 0.122. The van der Waals surface area contributed by atoms with Crippen LogP contribution in [0.1, 0.15) is 11.1 Å². The Labute approximate surface area is 102 Å². The second-order valence-electron chi connectivity index (χ2n) is 3.40. The fourth-order valence-electron chi connectivity index (χ4n) is 1.85. The SMILES string of the molecule is COc1c(C#N)c(OC)c2c(N)n[nH]c2c1C#N. The largest absolute Gasteiger partial charge is 0.494 e. The third kappa shape index (κ3) is 1.31. The van der Waals surface area contributed by atoms with E-state index < -0.39 is 0 Å². The number of anilines is 1. The number of benzene rings is 1. The van der Waals surface area contributed by atoms with Crippen LogP contribution in [0.5, 0.6) is 11.5 Å². The molecule has 3 N–H and O–H groups in total. The Hall–Kier alpha value is -2.93. The fourth-order valence-corrected chi connectivity index (χ4v) is 1.85. The van der Waals surface area contributed by atoms with Crippen LogP contribution < -0.4 is 15.2 Å². The number of nitrogens with two attached hydrogens (primary N) is 1. The van der Waals surface area contributed by atoms with E-state index in [1.165, 1.54) is 14.2 Å². The molecule has 2 aromatic rings. The molecule has 1 aromatic heterocycles. The van der Waals surface area contributed by atoms with Crippen LogP contribution >= 0.6 is 0 Å². The number of nitrogen functional groups attached to an aromatic ring is 1. The van der Waals surface area contributed by atoms with Gasteiger partial charge in [-0.2, -0.15) is 15.6 Å². The molecule has 0 spiro atoms. The van der Waals surface area contributed by atoms with Crippen molar-refractivity contribution in [3.8, 4) is 23.6 Å². The van der Waals surface area contributed by atoms with Crippen LogP contribution in [0, 0.1) is 22.7 Å². The molecule has 0 radical (unpaired) electrons. The lowest BCUT2D eigenvalue weighted by Gasteiger charge is -2.11. The van der Waals surface area contributed by atoms with E-state index >= 15 is 0 Å². The van der Waals surface area contributed by atoms with Crippen molar-refractivity contribution >= 4 is 16.7 Å². The van der Waals surface area contributed by atoms with E-state index in [2.05, 4.69) is 10.2 Å². The topological polar surface area (TPSA) is 121 Å². The Bertz CT molecular complexity index is 705. The summed E-state index contributed by atoms with van der Waals surface area (Å²) in [5, 5.41) is 25.2. The molecule has 0 saturated heterocycles. The fraction of sp³-hybridized carbons (Fsp3) is 0.182. The minimum Gasteiger partial charge on any atom is -0.494 e. The molecule has 2 rings (SSSR count). The number of nitrogens with zero attached hydrogens (tertiary/aromatic N) is 3. The first-order valence-corrected chi connectivity index (χ1v) is 4.91. The number of ether oxygens (including phenoxy) is 2. The average Bonchev–Trinajstić information content (AvgIpc) is 2.77. The molecule has 90 valence electrons. The van der Waals surface area contributed by atoms with Crippen LogP contribution in [0.25, 0.3) is 10.9 Å². The molecule has 18 heavy (non-hydrogen) atoms. The van der Waals surface area contributed by atoms with Gasteiger partial charge in [0.05, 0.1) is 25.1 Å². The van der Waals surface area contributed by atoms with Crippen molar-refractivity contribution in [1.29, 1.82) is 10.5 Å². The van der Waals surface area contributed by atoms with Crippen LogP contribution in [0.2, 0.25) is 0 Å². The average molecular weight is 243 g/mol. The summed E-state index contributed by atoms with van der Waals surface area (Å²) in [5.74, 6) is 0.556. The van der Waals surface area contributed by atoms with Gasteiger partial charge in [0.15, 0.2) is 17.3 Å². The third-order valence-corrected chi connectivity index (χ3v) is 2.58. The van der Waals surface area contributed by atoms with Crippen molar-refractivity contribution in [1.82, 2.24) is 10.2 Å². The minimum atomic E-state index is 0.122. The molecular formula is C11H9N5O2. The van der Waals surface area contributed by atoms with Crippen molar-refractivity contribution in [2.24, 2.45) is 0 Å². The van der Waals surface area contributed by atoms with E-state index in [0.717, 1.165) is 0 Å². The summed E-state index contributed by atoms with van der Waals surface area (Å²) >= 11 is 0. The van der Waals surface area contributed by atoms with Crippen LogP contribution in [-0.4, -0.2) is 24.4 Å². The first-order valence-electron chi connectivity index (χ1n) is 4.91. The number of nitrogens with one attached hydrogen (secondary N) is 1. The summed E-state index contributed by atoms with van der Waals surface area (Å²) in [7, 11) is 2.79. The lowest BCUT2D eigenvalue weighted by atomic mass is 10.0. The number of rotatable bonds is 2. The molecule has 1 aromatic carbocycles. The first-order chi connectivity index (χ1) is 8.69. The van der Waals surface area contributed by atoms with Gasteiger partial charge in [0, 0.05) is 0 Å². The molecule has 0 saturated carbocycles. The highest BCUT2D eigenvalue weighted by atomic mass is 16.5. The molecule has 0 bridgehead atoms. The molecule has 0 unspecified atom stereocenters. The highest BCUT2D eigenvalue weighted by Gasteiger charge is 2.24. The zero-order chi connectivity index (χ0) is 13.3. The van der Waals surface area contributed by atoms with Crippen LogP contribution in [0.3, 0.4) is 0 Å². The van der Waals surface area contributed by atoms with Crippen molar-refractivity contribution in [3.63, 3.8) is 0 Å². The molecule has 0 amide bonds. The Balaban J connectivity index is 3.09. The molecule has 0 aliphatic heterocycles. The molecule has 7 heteroatoms. The quantitative estimate of drug-likeness (QED) is 0.808. The Morgan fingerprint density at radius 3 is 2.22 bits per heavy atom. The normalized spacial score (nSPS) is 9.78. The van der Waals surface area contributed by atoms with Gasteiger partial charge >= 0.3 is 0 Å². The summed E-state index contributed by atoms with van der Waals surface area (Å²) in [6, 6.07) is 3.92. The number of nitriles is 2. The Kier molecular flexibility index (Phi) is 2.66. The van der Waals surface area contributed by atoms with Gasteiger partial charge in [-0.25, -0.2) is 0 Å². The van der Waals surface area contributed by atoms with Gasteiger partial charge in [0.1, 0.15) is 23.3 Å². The monoisotopic (exact) mass is 243 g/mol. The highest BCUT2D eigenvalue weighted by Crippen LogP contribution is 2.41. The number of methoxy groups -OCH3 is 2. The van der Waals surface area contributed by atoms with E-state index in [1.54, 1.807) is 0 Å². The maximum absolute atomic E-state index is 9.18. The zero-order valence-electron chi connectivity index (χ0n) is 9.74. The summed E-state index contributed by atoms with van der Waals surface area (Å²) in [5.41, 5.74) is 6.40. The summed E-state index contributed by atoms with van der Waals surface area (Å²) in [4.78, 5) is 0. The maximum atomic E-state index is 9.18. The molecule has 7 nitrogen and oxygen atoms in total. The maximum Gasteiger partial charge on any atom is 0.160 e. The van der Waals surface area contributed by atoms with Crippen LogP contribution in [0.4, 0.5) is 5.82 Å². The predicted octanol–water partition coefficient (Wildman–Crippen LogP) is 0.906. The smallest absolute Gasteiger partial charge is 0.160 e. The molecule has 0 atom stereocenters. The van der Waals surface area contributed by atoms with Crippen molar-refractivity contribution in [2.75, 3.05) is 20.0 Å². The van der Waals surface area contributed by atoms with Crippen LogP contribution in [0.15, 0.2) is 0 Å². The van der Waals surface area contributed by atoms with Gasteiger partial charge < -0.3 is 15.2 Å². The molecule has 0 fully saturated rings. The molecule has 0 aliphatic carbocycles. The molecule has 1 heterocycles. The molecule has 0 aliphatic rings. The van der Waals surface area contributed by atoms with Crippen molar-refractivity contribution in [2.45, 2.75) is 0 Å². The second-order valence-corrected chi connectivity index (χ2v) is 3.40. The van der Waals surface area contributed by atoms with Crippen LogP contribution in [-0.2, 0) is 0 Å². The van der Waals surface area contributed by atoms with Crippen molar-refractivity contribution in [3.05, 3.63) is 11.1 Å². The lowest BCUT2D eigenvalue weighted by molar-refractivity contribution is 0.395. The number of fused-ring (bicyclic) bond motifs is 1. The van der Waals surface area contributed by atoms with E-state index in [1.807, 2.05) is 12.1 Å². The Morgan fingerprint density at radius 1 is 1.11 bits per heavy atom. The second kappa shape index (κ2) is 4.15. The van der Waals surface area contributed by atoms with Gasteiger partial charge in [-0.3, -0.25) is 5.10 Å². The number of H-pyrrole nitrogens is 1. The molecular weight excluding hydrogens is 234 g/mol. The predicted molar refractivity (Wildman–Crippen MR) is 63.0 cm³/mol. The highest BCUT2D eigenvalue weighted by molar-refractivity contribution is 6.01. The number of hydrogen-bond donors (Lipinski definition) is 2. The van der Waals surface area contributed by atoms with Gasteiger partial charge in [-0.1, -0.05) is 0 Å². The van der Waals surface area contributed by atoms with E-state index in [9.17, 15) is 10.5 Å².